The zero-order valence-electron chi connectivity index (χ0n) is 10.1. The molecule has 1 aromatic rings. The van der Waals surface area contributed by atoms with Gasteiger partial charge in [0.2, 0.25) is 5.91 Å². The van der Waals surface area contributed by atoms with Gasteiger partial charge in [0.05, 0.1) is 5.69 Å². The highest BCUT2D eigenvalue weighted by Gasteiger charge is 2.08. The van der Waals surface area contributed by atoms with Crippen LogP contribution in [0.2, 0.25) is 0 Å². The second-order valence-corrected chi connectivity index (χ2v) is 4.15. The molecule has 1 rings (SSSR count). The van der Waals surface area contributed by atoms with Crippen molar-refractivity contribution in [2.24, 2.45) is 0 Å². The quantitative estimate of drug-likeness (QED) is 0.794. The number of hydrogen-bond acceptors (Lipinski definition) is 1. The molecule has 0 saturated carbocycles. The third-order valence-electron chi connectivity index (χ3n) is 2.43. The van der Waals surface area contributed by atoms with Crippen molar-refractivity contribution >= 4 is 11.6 Å². The standard InChI is InChI=1S/C14H16FNO/c1-4-5-6-14(17)16-13-8-7-11(10(2)3)9-12(13)15/h1,7-10H,5-6H2,2-3H3,(H,16,17). The number of nitrogens with one attached hydrogen (secondary N) is 1. The molecule has 17 heavy (non-hydrogen) atoms. The Labute approximate surface area is 101 Å². The molecule has 1 aromatic carbocycles. The van der Waals surface area contributed by atoms with Crippen LogP contribution in [0, 0.1) is 18.2 Å². The van der Waals surface area contributed by atoms with Crippen LogP contribution in [-0.2, 0) is 4.79 Å². The highest BCUT2D eigenvalue weighted by Crippen LogP contribution is 2.21. The van der Waals surface area contributed by atoms with Gasteiger partial charge in [-0.2, -0.15) is 0 Å². The topological polar surface area (TPSA) is 29.1 Å². The maximum Gasteiger partial charge on any atom is 0.225 e. The van der Waals surface area contributed by atoms with Crippen LogP contribution in [0.4, 0.5) is 10.1 Å². The molecule has 2 nitrogen and oxygen atoms in total. The van der Waals surface area contributed by atoms with E-state index in [1.165, 1.54) is 6.07 Å². The third-order valence-corrected chi connectivity index (χ3v) is 2.43. The summed E-state index contributed by atoms with van der Waals surface area (Å²) in [4.78, 5) is 11.4. The number of benzene rings is 1. The van der Waals surface area contributed by atoms with Crippen molar-refractivity contribution in [3.8, 4) is 12.3 Å². The average Bonchev–Trinajstić information content (AvgIpc) is 2.28. The van der Waals surface area contributed by atoms with E-state index >= 15 is 0 Å². The van der Waals surface area contributed by atoms with Crippen molar-refractivity contribution < 1.29 is 9.18 Å². The molecule has 1 N–H and O–H groups in total. The predicted molar refractivity (Wildman–Crippen MR) is 67.2 cm³/mol. The molecule has 0 unspecified atom stereocenters. The molecule has 0 bridgehead atoms. The van der Waals surface area contributed by atoms with Gasteiger partial charge in [-0.25, -0.2) is 4.39 Å². The first-order valence-corrected chi connectivity index (χ1v) is 5.57. The molecule has 0 aliphatic carbocycles. The normalized spacial score (nSPS) is 10.1. The number of carbonyl (C=O) groups excluding carboxylic acids is 1. The lowest BCUT2D eigenvalue weighted by Crippen LogP contribution is -2.12. The van der Waals surface area contributed by atoms with E-state index in [1.807, 2.05) is 19.9 Å². The lowest BCUT2D eigenvalue weighted by molar-refractivity contribution is -0.116. The molecule has 0 aliphatic rings. The van der Waals surface area contributed by atoms with E-state index in [1.54, 1.807) is 6.07 Å². The van der Waals surface area contributed by atoms with Crippen LogP contribution in [0.1, 0.15) is 38.2 Å². The minimum absolute atomic E-state index is 0.205. The monoisotopic (exact) mass is 233 g/mol. The Morgan fingerprint density at radius 2 is 2.24 bits per heavy atom. The lowest BCUT2D eigenvalue weighted by atomic mass is 10.0. The summed E-state index contributed by atoms with van der Waals surface area (Å²) in [5, 5.41) is 2.50. The van der Waals surface area contributed by atoms with E-state index in [0.29, 0.717) is 6.42 Å². The third kappa shape index (κ3) is 3.92. The van der Waals surface area contributed by atoms with E-state index < -0.39 is 5.82 Å². The lowest BCUT2D eigenvalue weighted by Gasteiger charge is -2.09. The fourth-order valence-corrected chi connectivity index (χ4v) is 1.39. The van der Waals surface area contributed by atoms with Crippen molar-refractivity contribution in [2.45, 2.75) is 32.6 Å². The van der Waals surface area contributed by atoms with Crippen molar-refractivity contribution in [1.82, 2.24) is 0 Å². The van der Waals surface area contributed by atoms with E-state index in [9.17, 15) is 9.18 Å². The van der Waals surface area contributed by atoms with Crippen LogP contribution >= 0.6 is 0 Å². The number of terminal acetylenes is 1. The molecule has 1 amide bonds. The first-order valence-electron chi connectivity index (χ1n) is 5.57. The Morgan fingerprint density at radius 1 is 1.53 bits per heavy atom. The van der Waals surface area contributed by atoms with E-state index in [-0.39, 0.29) is 23.9 Å². The molecule has 0 saturated heterocycles. The highest BCUT2D eigenvalue weighted by atomic mass is 19.1. The van der Waals surface area contributed by atoms with Crippen molar-refractivity contribution in [2.75, 3.05) is 5.32 Å². The predicted octanol–water partition coefficient (Wildman–Crippen LogP) is 3.30. The Kier molecular flexibility index (Phi) is 4.71. The van der Waals surface area contributed by atoms with Gasteiger partial charge in [0.25, 0.3) is 0 Å². The Hall–Kier alpha value is -1.82. The average molecular weight is 233 g/mol. The van der Waals surface area contributed by atoms with Gasteiger partial charge < -0.3 is 5.32 Å². The zero-order chi connectivity index (χ0) is 12.8. The summed E-state index contributed by atoms with van der Waals surface area (Å²) in [6.45, 7) is 3.97. The number of rotatable bonds is 4. The van der Waals surface area contributed by atoms with Gasteiger partial charge in [0.1, 0.15) is 5.82 Å². The molecule has 0 spiro atoms. The SMILES string of the molecule is C#CCCC(=O)Nc1ccc(C(C)C)cc1F. The van der Waals surface area contributed by atoms with Crippen LogP contribution in [-0.4, -0.2) is 5.91 Å². The molecule has 3 heteroatoms. The smallest absolute Gasteiger partial charge is 0.225 e. The van der Waals surface area contributed by atoms with Crippen LogP contribution in [0.25, 0.3) is 0 Å². The van der Waals surface area contributed by atoms with Crippen molar-refractivity contribution in [3.63, 3.8) is 0 Å². The summed E-state index contributed by atoms with van der Waals surface area (Å²) in [5.74, 6) is 1.95. The second kappa shape index (κ2) is 6.05. The molecule has 0 aromatic heterocycles. The number of anilines is 1. The van der Waals surface area contributed by atoms with Gasteiger partial charge in [-0.15, -0.1) is 12.3 Å². The largest absolute Gasteiger partial charge is 0.324 e. The number of carbonyl (C=O) groups is 1. The molecule has 0 atom stereocenters. The zero-order valence-corrected chi connectivity index (χ0v) is 10.1. The highest BCUT2D eigenvalue weighted by molar-refractivity contribution is 5.90. The molecular formula is C14H16FNO. The Balaban J connectivity index is 2.73. The summed E-state index contributed by atoms with van der Waals surface area (Å²) >= 11 is 0. The number of halogens is 1. The maximum atomic E-state index is 13.6. The molecule has 0 radical (unpaired) electrons. The molecular weight excluding hydrogens is 217 g/mol. The van der Waals surface area contributed by atoms with Gasteiger partial charge in [0, 0.05) is 12.8 Å². The Bertz CT molecular complexity index is 446. The van der Waals surface area contributed by atoms with Crippen LogP contribution in [0.15, 0.2) is 18.2 Å². The number of amides is 1. The van der Waals surface area contributed by atoms with Gasteiger partial charge in [-0.3, -0.25) is 4.79 Å². The first-order chi connectivity index (χ1) is 8.04. The van der Waals surface area contributed by atoms with Gasteiger partial charge in [-0.1, -0.05) is 19.9 Å². The van der Waals surface area contributed by atoms with Crippen molar-refractivity contribution in [1.29, 1.82) is 0 Å². The van der Waals surface area contributed by atoms with Gasteiger partial charge in [0.15, 0.2) is 0 Å². The summed E-state index contributed by atoms with van der Waals surface area (Å²) in [6.07, 6.45) is 5.62. The summed E-state index contributed by atoms with van der Waals surface area (Å²) in [6, 6.07) is 4.84. The van der Waals surface area contributed by atoms with E-state index in [0.717, 1.165) is 5.56 Å². The van der Waals surface area contributed by atoms with Crippen molar-refractivity contribution in [3.05, 3.63) is 29.6 Å². The summed E-state index contributed by atoms with van der Waals surface area (Å²) < 4.78 is 13.6. The minimum atomic E-state index is -0.412. The maximum absolute atomic E-state index is 13.6. The summed E-state index contributed by atoms with van der Waals surface area (Å²) in [5.41, 5.74) is 1.11. The van der Waals surface area contributed by atoms with Crippen LogP contribution < -0.4 is 5.32 Å². The Morgan fingerprint density at radius 3 is 2.76 bits per heavy atom. The first kappa shape index (κ1) is 13.2. The second-order valence-electron chi connectivity index (χ2n) is 4.15. The molecule has 0 heterocycles. The van der Waals surface area contributed by atoms with Gasteiger partial charge in [-0.05, 0) is 23.6 Å². The minimum Gasteiger partial charge on any atom is -0.324 e. The fourth-order valence-electron chi connectivity index (χ4n) is 1.39. The molecule has 90 valence electrons. The van der Waals surface area contributed by atoms with E-state index in [4.69, 9.17) is 6.42 Å². The van der Waals surface area contributed by atoms with Gasteiger partial charge >= 0.3 is 0 Å². The fraction of sp³-hybridized carbons (Fsp3) is 0.357. The van der Waals surface area contributed by atoms with Crippen LogP contribution in [0.3, 0.4) is 0 Å². The number of hydrogen-bond donors (Lipinski definition) is 1. The molecule has 0 fully saturated rings. The summed E-state index contributed by atoms with van der Waals surface area (Å²) in [7, 11) is 0. The van der Waals surface area contributed by atoms with Crippen LogP contribution in [0.5, 0.6) is 0 Å². The van der Waals surface area contributed by atoms with E-state index in [2.05, 4.69) is 11.2 Å². The molecule has 0 aliphatic heterocycles.